The minimum atomic E-state index is -0.126. The summed E-state index contributed by atoms with van der Waals surface area (Å²) in [6.45, 7) is 7.19. The van der Waals surface area contributed by atoms with Crippen molar-refractivity contribution in [3.8, 4) is 0 Å². The average molecular weight is 216 g/mol. The number of nitrogens with two attached hydrogens (primary N) is 1. The predicted octanol–water partition coefficient (Wildman–Crippen LogP) is 0.496. The molecule has 90 valence electrons. The number of rotatable bonds is 7. The molecule has 1 amide bonds. The number of hydrogen-bond donors (Lipinski definition) is 3. The quantitative estimate of drug-likeness (QED) is 0.580. The van der Waals surface area contributed by atoms with Gasteiger partial charge in [0.2, 0.25) is 5.91 Å². The molecule has 1 unspecified atom stereocenters. The van der Waals surface area contributed by atoms with Crippen LogP contribution in [-0.4, -0.2) is 30.7 Å². The Morgan fingerprint density at radius 3 is 2.60 bits per heavy atom. The Morgan fingerprint density at radius 1 is 1.53 bits per heavy atom. The smallest absolute Gasteiger partial charge is 0.224 e. The van der Waals surface area contributed by atoms with Crippen molar-refractivity contribution in [3.63, 3.8) is 0 Å². The lowest BCUT2D eigenvalue weighted by Gasteiger charge is -2.25. The molecule has 0 radical (unpaired) electrons. The van der Waals surface area contributed by atoms with Crippen LogP contribution in [0.3, 0.4) is 0 Å². The first kappa shape index (κ1) is 14.4. The monoisotopic (exact) mass is 216 g/mol. The highest BCUT2D eigenvalue weighted by atomic mass is 16.2. The lowest BCUT2D eigenvalue weighted by Crippen LogP contribution is -2.39. The van der Waals surface area contributed by atoms with Crippen molar-refractivity contribution in [1.82, 2.24) is 5.32 Å². The lowest BCUT2D eigenvalue weighted by atomic mass is 9.88. The molecular formula is C11H24N2O2. The van der Waals surface area contributed by atoms with Gasteiger partial charge in [-0.25, -0.2) is 0 Å². The third-order valence-corrected chi connectivity index (χ3v) is 2.55. The van der Waals surface area contributed by atoms with Gasteiger partial charge in [-0.1, -0.05) is 20.8 Å². The fraction of sp³-hybridized carbons (Fsp3) is 0.909. The molecule has 0 bridgehead atoms. The SMILES string of the molecule is CC(CN)C(=O)NCC(C)(C)CCCO. The molecule has 0 heterocycles. The number of carbonyl (C=O) groups is 1. The molecule has 0 spiro atoms. The van der Waals surface area contributed by atoms with Crippen LogP contribution in [0, 0.1) is 11.3 Å². The van der Waals surface area contributed by atoms with E-state index in [1.54, 1.807) is 0 Å². The average Bonchev–Trinajstić information content (AvgIpc) is 2.22. The number of aliphatic hydroxyl groups is 1. The molecule has 0 rings (SSSR count). The largest absolute Gasteiger partial charge is 0.396 e. The van der Waals surface area contributed by atoms with E-state index in [2.05, 4.69) is 19.2 Å². The van der Waals surface area contributed by atoms with Gasteiger partial charge in [0.25, 0.3) is 0 Å². The maximum absolute atomic E-state index is 11.5. The molecule has 0 aromatic carbocycles. The van der Waals surface area contributed by atoms with Gasteiger partial charge in [-0.2, -0.15) is 0 Å². The molecule has 0 saturated carbocycles. The molecule has 4 nitrogen and oxygen atoms in total. The Bertz CT molecular complexity index is 193. The van der Waals surface area contributed by atoms with Crippen LogP contribution >= 0.6 is 0 Å². The molecule has 0 aliphatic rings. The maximum Gasteiger partial charge on any atom is 0.224 e. The van der Waals surface area contributed by atoms with Crippen LogP contribution in [0.5, 0.6) is 0 Å². The third-order valence-electron chi connectivity index (χ3n) is 2.55. The van der Waals surface area contributed by atoms with Crippen LogP contribution in [0.2, 0.25) is 0 Å². The topological polar surface area (TPSA) is 75.4 Å². The second-order valence-electron chi connectivity index (χ2n) is 4.85. The fourth-order valence-electron chi connectivity index (χ4n) is 1.25. The molecule has 1 atom stereocenters. The molecule has 0 fully saturated rings. The van der Waals surface area contributed by atoms with E-state index in [4.69, 9.17) is 10.8 Å². The van der Waals surface area contributed by atoms with Crippen molar-refractivity contribution in [1.29, 1.82) is 0 Å². The molecule has 4 heteroatoms. The first-order chi connectivity index (χ1) is 6.93. The van der Waals surface area contributed by atoms with Crippen LogP contribution in [-0.2, 0) is 4.79 Å². The molecule has 0 aromatic heterocycles. The van der Waals surface area contributed by atoms with Gasteiger partial charge in [-0.15, -0.1) is 0 Å². The van der Waals surface area contributed by atoms with E-state index in [9.17, 15) is 4.79 Å². The Labute approximate surface area is 92.2 Å². The van der Waals surface area contributed by atoms with Gasteiger partial charge in [0.1, 0.15) is 0 Å². The molecule has 0 saturated heterocycles. The summed E-state index contributed by atoms with van der Waals surface area (Å²) in [6, 6.07) is 0. The van der Waals surface area contributed by atoms with Crippen LogP contribution < -0.4 is 11.1 Å². The molecular weight excluding hydrogens is 192 g/mol. The van der Waals surface area contributed by atoms with Crippen LogP contribution in [0.4, 0.5) is 0 Å². The van der Waals surface area contributed by atoms with Gasteiger partial charge < -0.3 is 16.2 Å². The van der Waals surface area contributed by atoms with Crippen molar-refractivity contribution in [2.24, 2.45) is 17.1 Å². The summed E-state index contributed by atoms with van der Waals surface area (Å²) in [5, 5.41) is 11.6. The zero-order chi connectivity index (χ0) is 11.9. The molecule has 0 aromatic rings. The van der Waals surface area contributed by atoms with Crippen molar-refractivity contribution in [2.45, 2.75) is 33.6 Å². The van der Waals surface area contributed by atoms with Gasteiger partial charge >= 0.3 is 0 Å². The Balaban J connectivity index is 3.86. The summed E-state index contributed by atoms with van der Waals surface area (Å²) in [7, 11) is 0. The summed E-state index contributed by atoms with van der Waals surface area (Å²) in [4.78, 5) is 11.5. The second-order valence-corrected chi connectivity index (χ2v) is 4.85. The van der Waals surface area contributed by atoms with Gasteiger partial charge in [0, 0.05) is 25.6 Å². The van der Waals surface area contributed by atoms with Gasteiger partial charge in [0.15, 0.2) is 0 Å². The maximum atomic E-state index is 11.5. The Morgan fingerprint density at radius 2 is 2.13 bits per heavy atom. The number of aliphatic hydroxyl groups excluding tert-OH is 1. The molecule has 4 N–H and O–H groups in total. The normalized spacial score (nSPS) is 13.7. The highest BCUT2D eigenvalue weighted by Gasteiger charge is 2.19. The predicted molar refractivity (Wildman–Crippen MR) is 61.3 cm³/mol. The van der Waals surface area contributed by atoms with Crippen molar-refractivity contribution < 1.29 is 9.90 Å². The van der Waals surface area contributed by atoms with E-state index < -0.39 is 0 Å². The summed E-state index contributed by atoms with van der Waals surface area (Å²) in [5.41, 5.74) is 5.43. The van der Waals surface area contributed by atoms with Gasteiger partial charge in [-0.05, 0) is 18.3 Å². The van der Waals surface area contributed by atoms with Crippen molar-refractivity contribution in [2.75, 3.05) is 19.7 Å². The van der Waals surface area contributed by atoms with E-state index >= 15 is 0 Å². The third kappa shape index (κ3) is 6.47. The van der Waals surface area contributed by atoms with Gasteiger partial charge in [-0.3, -0.25) is 4.79 Å². The summed E-state index contributed by atoms with van der Waals surface area (Å²) >= 11 is 0. The number of carbonyl (C=O) groups excluding carboxylic acids is 1. The number of amides is 1. The summed E-state index contributed by atoms with van der Waals surface area (Å²) in [5.74, 6) is -0.117. The molecule has 0 aliphatic heterocycles. The van der Waals surface area contributed by atoms with Crippen LogP contribution in [0.15, 0.2) is 0 Å². The number of nitrogens with one attached hydrogen (secondary N) is 1. The molecule has 0 aliphatic carbocycles. The Hall–Kier alpha value is -0.610. The summed E-state index contributed by atoms with van der Waals surface area (Å²) in [6.07, 6.45) is 1.68. The van der Waals surface area contributed by atoms with Gasteiger partial charge in [0.05, 0.1) is 0 Å². The number of hydrogen-bond acceptors (Lipinski definition) is 3. The molecule has 15 heavy (non-hydrogen) atoms. The zero-order valence-electron chi connectivity index (χ0n) is 10.0. The lowest BCUT2D eigenvalue weighted by molar-refractivity contribution is -0.124. The first-order valence-electron chi connectivity index (χ1n) is 5.51. The second kappa shape index (κ2) is 6.80. The summed E-state index contributed by atoms with van der Waals surface area (Å²) < 4.78 is 0. The van der Waals surface area contributed by atoms with Crippen molar-refractivity contribution in [3.05, 3.63) is 0 Å². The zero-order valence-corrected chi connectivity index (χ0v) is 10.0. The van der Waals surface area contributed by atoms with E-state index in [1.165, 1.54) is 0 Å². The Kier molecular flexibility index (Phi) is 6.52. The van der Waals surface area contributed by atoms with Crippen LogP contribution in [0.25, 0.3) is 0 Å². The highest BCUT2D eigenvalue weighted by Crippen LogP contribution is 2.20. The standard InChI is InChI=1S/C11H24N2O2/c1-9(7-12)10(15)13-8-11(2,3)5-4-6-14/h9,14H,4-8,12H2,1-3H3,(H,13,15). The van der Waals surface area contributed by atoms with E-state index in [-0.39, 0.29) is 23.8 Å². The van der Waals surface area contributed by atoms with E-state index in [1.807, 2.05) is 6.92 Å². The fourth-order valence-corrected chi connectivity index (χ4v) is 1.25. The van der Waals surface area contributed by atoms with E-state index in [0.717, 1.165) is 12.8 Å². The van der Waals surface area contributed by atoms with Crippen molar-refractivity contribution >= 4 is 5.91 Å². The minimum absolute atomic E-state index is 0.00886. The minimum Gasteiger partial charge on any atom is -0.396 e. The van der Waals surface area contributed by atoms with Crippen LogP contribution in [0.1, 0.15) is 33.6 Å². The van der Waals surface area contributed by atoms with E-state index in [0.29, 0.717) is 13.1 Å². The highest BCUT2D eigenvalue weighted by molar-refractivity contribution is 5.78. The first-order valence-corrected chi connectivity index (χ1v) is 5.51.